The second-order valence-corrected chi connectivity index (χ2v) is 6.02. The first kappa shape index (κ1) is 18.6. The highest BCUT2D eigenvalue weighted by Gasteiger charge is 2.12. The van der Waals surface area contributed by atoms with Gasteiger partial charge in [-0.3, -0.25) is 10.1 Å². The lowest BCUT2D eigenvalue weighted by atomic mass is 10.1. The maximum absolute atomic E-state index is 12.1. The largest absolute Gasteiger partial charge is 0.496 e. The molecule has 0 atom stereocenters. The van der Waals surface area contributed by atoms with E-state index in [1.807, 2.05) is 12.1 Å². The summed E-state index contributed by atoms with van der Waals surface area (Å²) in [5.74, 6) is 1.33. The van der Waals surface area contributed by atoms with E-state index in [0.29, 0.717) is 28.5 Å². The minimum absolute atomic E-state index is 0.169. The van der Waals surface area contributed by atoms with Gasteiger partial charge in [-0.05, 0) is 48.6 Å². The molecule has 3 aromatic rings. The molecule has 2 aromatic carbocycles. The summed E-state index contributed by atoms with van der Waals surface area (Å²) in [4.78, 5) is 12.1. The molecule has 7 heteroatoms. The normalized spacial score (nSPS) is 10.3. The van der Waals surface area contributed by atoms with Crippen LogP contribution in [0.25, 0.3) is 11.3 Å². The van der Waals surface area contributed by atoms with Gasteiger partial charge >= 0.3 is 0 Å². The van der Waals surface area contributed by atoms with Crippen molar-refractivity contribution in [3.05, 3.63) is 72.0 Å². The molecule has 0 saturated heterocycles. The molecule has 3 rings (SSSR count). The predicted octanol–water partition coefficient (Wildman–Crippen LogP) is 3.57. The Morgan fingerprint density at radius 1 is 1.15 bits per heavy atom. The van der Waals surface area contributed by atoms with Gasteiger partial charge in [0.25, 0.3) is 5.91 Å². The number of amides is 1. The Morgan fingerprint density at radius 3 is 2.59 bits per heavy atom. The van der Waals surface area contributed by atoms with E-state index in [-0.39, 0.29) is 17.6 Å². The van der Waals surface area contributed by atoms with E-state index in [4.69, 9.17) is 26.5 Å². The van der Waals surface area contributed by atoms with E-state index in [0.717, 1.165) is 5.56 Å². The number of nitrogens with one attached hydrogen (secondary N) is 2. The van der Waals surface area contributed by atoms with Gasteiger partial charge in [0.1, 0.15) is 23.9 Å². The van der Waals surface area contributed by atoms with Gasteiger partial charge in [-0.1, -0.05) is 18.2 Å². The number of anilines is 1. The third kappa shape index (κ3) is 4.52. The first-order valence-corrected chi connectivity index (χ1v) is 8.57. The van der Waals surface area contributed by atoms with Crippen LogP contribution in [0.15, 0.2) is 65.1 Å². The Morgan fingerprint density at radius 2 is 1.93 bits per heavy atom. The minimum atomic E-state index is -0.288. The fourth-order valence-electron chi connectivity index (χ4n) is 2.51. The molecule has 1 amide bonds. The SMILES string of the molecule is COc1cc(NC(=S)NC(=O)c2ccccc2)ccc1-c1ccc(CO)o1. The maximum atomic E-state index is 12.1. The van der Waals surface area contributed by atoms with Crippen LogP contribution in [0, 0.1) is 0 Å². The third-order valence-corrected chi connectivity index (χ3v) is 4.01. The van der Waals surface area contributed by atoms with E-state index in [1.54, 1.807) is 55.6 Å². The van der Waals surface area contributed by atoms with Crippen molar-refractivity contribution in [3.63, 3.8) is 0 Å². The van der Waals surface area contributed by atoms with Gasteiger partial charge in [0, 0.05) is 17.3 Å². The van der Waals surface area contributed by atoms with Crippen molar-refractivity contribution in [3.8, 4) is 17.1 Å². The Labute approximate surface area is 161 Å². The predicted molar refractivity (Wildman–Crippen MR) is 107 cm³/mol. The van der Waals surface area contributed by atoms with Crippen molar-refractivity contribution < 1.29 is 19.1 Å². The lowest BCUT2D eigenvalue weighted by Gasteiger charge is -2.12. The summed E-state index contributed by atoms with van der Waals surface area (Å²) in [6.45, 7) is -0.169. The Bertz CT molecular complexity index is 954. The summed E-state index contributed by atoms with van der Waals surface area (Å²) >= 11 is 5.21. The molecule has 138 valence electrons. The number of carbonyl (C=O) groups is 1. The van der Waals surface area contributed by atoms with Gasteiger partial charge < -0.3 is 19.6 Å². The zero-order valence-electron chi connectivity index (χ0n) is 14.6. The monoisotopic (exact) mass is 382 g/mol. The van der Waals surface area contributed by atoms with E-state index in [1.165, 1.54) is 0 Å². The Kier molecular flexibility index (Phi) is 5.85. The van der Waals surface area contributed by atoms with E-state index < -0.39 is 0 Å². The Balaban J connectivity index is 1.72. The number of ether oxygens (including phenoxy) is 1. The lowest BCUT2D eigenvalue weighted by molar-refractivity contribution is 0.0977. The zero-order valence-corrected chi connectivity index (χ0v) is 15.4. The standard InChI is InChI=1S/C20H18N2O4S/c1-25-18-11-14(7-9-16(18)17-10-8-15(12-23)26-17)21-20(27)22-19(24)13-5-3-2-4-6-13/h2-11,23H,12H2,1H3,(H2,21,22,24,27). The fraction of sp³-hybridized carbons (Fsp3) is 0.100. The molecule has 0 bridgehead atoms. The van der Waals surface area contributed by atoms with Crippen LogP contribution >= 0.6 is 12.2 Å². The zero-order chi connectivity index (χ0) is 19.2. The molecule has 3 N–H and O–H groups in total. The summed E-state index contributed by atoms with van der Waals surface area (Å²) in [6, 6.07) is 17.6. The molecule has 6 nitrogen and oxygen atoms in total. The number of methoxy groups -OCH3 is 1. The van der Waals surface area contributed by atoms with Crippen LogP contribution in [0.2, 0.25) is 0 Å². The molecule has 0 aliphatic heterocycles. The highest BCUT2D eigenvalue weighted by Crippen LogP contribution is 2.33. The van der Waals surface area contributed by atoms with Crippen molar-refractivity contribution in [2.75, 3.05) is 12.4 Å². The molecule has 0 aliphatic rings. The van der Waals surface area contributed by atoms with Crippen LogP contribution in [-0.2, 0) is 6.61 Å². The van der Waals surface area contributed by atoms with Crippen molar-refractivity contribution in [1.29, 1.82) is 0 Å². The average molecular weight is 382 g/mol. The van der Waals surface area contributed by atoms with Gasteiger partial charge in [-0.2, -0.15) is 0 Å². The number of rotatable bonds is 5. The van der Waals surface area contributed by atoms with Crippen molar-refractivity contribution in [2.45, 2.75) is 6.61 Å². The van der Waals surface area contributed by atoms with Crippen LogP contribution in [-0.4, -0.2) is 23.2 Å². The highest BCUT2D eigenvalue weighted by molar-refractivity contribution is 7.80. The number of hydrogen-bond acceptors (Lipinski definition) is 5. The quantitative estimate of drug-likeness (QED) is 0.585. The second-order valence-electron chi connectivity index (χ2n) is 5.61. The molecule has 0 spiro atoms. The van der Waals surface area contributed by atoms with E-state index in [9.17, 15) is 4.79 Å². The molecule has 0 unspecified atom stereocenters. The fourth-order valence-corrected chi connectivity index (χ4v) is 2.72. The van der Waals surface area contributed by atoms with Crippen molar-refractivity contribution in [2.24, 2.45) is 0 Å². The molecule has 0 aliphatic carbocycles. The van der Waals surface area contributed by atoms with Gasteiger partial charge in [-0.25, -0.2) is 0 Å². The van der Waals surface area contributed by atoms with Crippen LogP contribution in [0.4, 0.5) is 5.69 Å². The minimum Gasteiger partial charge on any atom is -0.496 e. The summed E-state index contributed by atoms with van der Waals surface area (Å²) in [5, 5.41) is 14.9. The second kappa shape index (κ2) is 8.48. The number of benzene rings is 2. The molecule has 1 aromatic heterocycles. The summed E-state index contributed by atoms with van der Waals surface area (Å²) in [6.07, 6.45) is 0. The third-order valence-electron chi connectivity index (χ3n) is 3.81. The van der Waals surface area contributed by atoms with Crippen molar-refractivity contribution >= 4 is 28.9 Å². The molecular weight excluding hydrogens is 364 g/mol. The smallest absolute Gasteiger partial charge is 0.257 e. The highest BCUT2D eigenvalue weighted by atomic mass is 32.1. The maximum Gasteiger partial charge on any atom is 0.257 e. The van der Waals surface area contributed by atoms with Gasteiger partial charge in [-0.15, -0.1) is 0 Å². The lowest BCUT2D eigenvalue weighted by Crippen LogP contribution is -2.34. The summed E-state index contributed by atoms with van der Waals surface area (Å²) in [5.41, 5.74) is 1.91. The Hall–Kier alpha value is -3.16. The molecule has 1 heterocycles. The number of thiocarbonyl (C=S) groups is 1. The number of aliphatic hydroxyl groups is 1. The molecule has 0 radical (unpaired) electrons. The van der Waals surface area contributed by atoms with Crippen molar-refractivity contribution in [1.82, 2.24) is 5.32 Å². The van der Waals surface area contributed by atoms with E-state index >= 15 is 0 Å². The number of furan rings is 1. The molecule has 0 saturated carbocycles. The molecule has 27 heavy (non-hydrogen) atoms. The summed E-state index contributed by atoms with van der Waals surface area (Å²) < 4.78 is 11.0. The topological polar surface area (TPSA) is 83.7 Å². The first-order valence-electron chi connectivity index (χ1n) is 8.16. The van der Waals surface area contributed by atoms with Gasteiger partial charge in [0.2, 0.25) is 0 Å². The van der Waals surface area contributed by atoms with E-state index in [2.05, 4.69) is 10.6 Å². The number of aliphatic hydroxyl groups excluding tert-OH is 1. The molecular formula is C20H18N2O4S. The number of hydrogen-bond donors (Lipinski definition) is 3. The summed E-state index contributed by atoms with van der Waals surface area (Å²) in [7, 11) is 1.55. The van der Waals surface area contributed by atoms with Gasteiger partial charge in [0.05, 0.1) is 12.7 Å². The van der Waals surface area contributed by atoms with Crippen LogP contribution < -0.4 is 15.4 Å². The van der Waals surface area contributed by atoms with Crippen LogP contribution in [0.3, 0.4) is 0 Å². The van der Waals surface area contributed by atoms with Gasteiger partial charge in [0.15, 0.2) is 5.11 Å². The van der Waals surface area contributed by atoms with Crippen LogP contribution in [0.5, 0.6) is 5.75 Å². The number of carbonyl (C=O) groups excluding carboxylic acids is 1. The van der Waals surface area contributed by atoms with Crippen LogP contribution in [0.1, 0.15) is 16.1 Å². The molecule has 0 fully saturated rings. The first-order chi connectivity index (χ1) is 13.1. The average Bonchev–Trinajstić information content (AvgIpc) is 3.17.